The van der Waals surface area contributed by atoms with E-state index in [1.807, 2.05) is 6.92 Å². The van der Waals surface area contributed by atoms with Crippen molar-refractivity contribution < 1.29 is 14.4 Å². The third-order valence-corrected chi connectivity index (χ3v) is 2.98. The molecule has 0 aliphatic heterocycles. The molecule has 7 nitrogen and oxygen atoms in total. The Morgan fingerprint density at radius 3 is 2.86 bits per heavy atom. The highest BCUT2D eigenvalue weighted by Crippen LogP contribution is 2.29. The molecule has 0 unspecified atom stereocenters. The average Bonchev–Trinajstić information content (AvgIpc) is 2.84. The topological polar surface area (TPSA) is 101 Å². The van der Waals surface area contributed by atoms with E-state index in [4.69, 9.17) is 4.42 Å². The first-order valence-electron chi connectivity index (χ1n) is 6.14. The van der Waals surface area contributed by atoms with Crippen LogP contribution in [0, 0.1) is 17.0 Å². The molecule has 21 heavy (non-hydrogen) atoms. The van der Waals surface area contributed by atoms with Crippen LogP contribution in [0.1, 0.15) is 5.56 Å². The molecular weight excluding hydrogens is 274 g/mol. The van der Waals surface area contributed by atoms with E-state index >= 15 is 0 Å². The monoisotopic (exact) mass is 285 g/mol. The van der Waals surface area contributed by atoms with Gasteiger partial charge in [-0.1, -0.05) is 6.07 Å². The summed E-state index contributed by atoms with van der Waals surface area (Å²) in [6.45, 7) is 1.89. The Kier molecular flexibility index (Phi) is 2.94. The lowest BCUT2D eigenvalue weighted by Crippen LogP contribution is -1.91. The van der Waals surface area contributed by atoms with Gasteiger partial charge in [-0.05, 0) is 30.7 Å². The van der Waals surface area contributed by atoms with E-state index in [0.29, 0.717) is 16.8 Å². The van der Waals surface area contributed by atoms with E-state index in [9.17, 15) is 15.2 Å². The quantitative estimate of drug-likeness (QED) is 0.434. The van der Waals surface area contributed by atoms with Gasteiger partial charge in [0.25, 0.3) is 11.7 Å². The van der Waals surface area contributed by atoms with Crippen molar-refractivity contribution >= 4 is 28.5 Å². The molecule has 0 amide bonds. The van der Waals surface area contributed by atoms with Gasteiger partial charge in [0.1, 0.15) is 11.3 Å². The number of nitro groups is 1. The van der Waals surface area contributed by atoms with Gasteiger partial charge >= 0.3 is 0 Å². The Hall–Kier alpha value is -3.09. The van der Waals surface area contributed by atoms with Gasteiger partial charge in [-0.15, -0.1) is 0 Å². The fraction of sp³-hybridized carbons (Fsp3) is 0.0714. The molecule has 3 rings (SSSR count). The van der Waals surface area contributed by atoms with Crippen LogP contribution in [0.2, 0.25) is 0 Å². The van der Waals surface area contributed by atoms with Crippen LogP contribution in [0.15, 0.2) is 40.8 Å². The SMILES string of the molecule is Cc1ccc(O)c(Nc2nc3ccc([N+](=O)[O-])cc3o2)c1. The van der Waals surface area contributed by atoms with Crippen LogP contribution in [0.5, 0.6) is 5.75 Å². The fourth-order valence-corrected chi connectivity index (χ4v) is 1.95. The smallest absolute Gasteiger partial charge is 0.300 e. The number of phenolic OH excluding ortho intramolecular Hbond substituents is 1. The second kappa shape index (κ2) is 4.78. The van der Waals surface area contributed by atoms with Crippen LogP contribution >= 0.6 is 0 Å². The predicted octanol–water partition coefficient (Wildman–Crippen LogP) is 3.49. The molecule has 7 heteroatoms. The number of fused-ring (bicyclic) bond motifs is 1. The van der Waals surface area contributed by atoms with E-state index in [2.05, 4.69) is 10.3 Å². The minimum atomic E-state index is -0.499. The maximum Gasteiger partial charge on any atom is 0.300 e. The van der Waals surface area contributed by atoms with Crippen molar-refractivity contribution in [3.63, 3.8) is 0 Å². The lowest BCUT2D eigenvalue weighted by Gasteiger charge is -2.05. The number of oxazole rings is 1. The lowest BCUT2D eigenvalue weighted by atomic mass is 10.2. The summed E-state index contributed by atoms with van der Waals surface area (Å²) in [6, 6.07) is 9.42. The molecule has 1 aromatic heterocycles. The molecule has 0 bridgehead atoms. The van der Waals surface area contributed by atoms with Crippen LogP contribution in [0.25, 0.3) is 11.1 Å². The zero-order chi connectivity index (χ0) is 15.0. The Morgan fingerprint density at radius 2 is 2.10 bits per heavy atom. The van der Waals surface area contributed by atoms with Crippen molar-refractivity contribution in [2.45, 2.75) is 6.92 Å². The van der Waals surface area contributed by atoms with E-state index < -0.39 is 4.92 Å². The van der Waals surface area contributed by atoms with E-state index in [0.717, 1.165) is 5.56 Å². The Balaban J connectivity index is 1.97. The minimum Gasteiger partial charge on any atom is -0.506 e. The number of rotatable bonds is 3. The van der Waals surface area contributed by atoms with Gasteiger partial charge in [-0.3, -0.25) is 10.1 Å². The second-order valence-corrected chi connectivity index (χ2v) is 4.57. The summed E-state index contributed by atoms with van der Waals surface area (Å²) in [6.07, 6.45) is 0. The maximum atomic E-state index is 10.7. The van der Waals surface area contributed by atoms with Crippen molar-refractivity contribution in [2.75, 3.05) is 5.32 Å². The summed E-state index contributed by atoms with van der Waals surface area (Å²) < 4.78 is 5.42. The highest BCUT2D eigenvalue weighted by atomic mass is 16.6. The number of nitrogens with one attached hydrogen (secondary N) is 1. The first-order chi connectivity index (χ1) is 10.0. The van der Waals surface area contributed by atoms with E-state index in [1.54, 1.807) is 18.2 Å². The van der Waals surface area contributed by atoms with Crippen molar-refractivity contribution in [3.05, 3.63) is 52.1 Å². The molecule has 0 spiro atoms. The Morgan fingerprint density at radius 1 is 1.29 bits per heavy atom. The van der Waals surface area contributed by atoms with Crippen molar-refractivity contribution in [3.8, 4) is 5.75 Å². The molecule has 0 saturated heterocycles. The van der Waals surface area contributed by atoms with Gasteiger partial charge in [0.15, 0.2) is 5.58 Å². The van der Waals surface area contributed by atoms with Gasteiger partial charge in [0.05, 0.1) is 16.7 Å². The number of anilines is 2. The number of hydrogen-bond acceptors (Lipinski definition) is 6. The van der Waals surface area contributed by atoms with E-state index in [1.165, 1.54) is 18.2 Å². The molecule has 0 aliphatic carbocycles. The van der Waals surface area contributed by atoms with Gasteiger partial charge in [0, 0.05) is 6.07 Å². The number of aryl methyl sites for hydroxylation is 1. The van der Waals surface area contributed by atoms with Crippen LogP contribution in [0.3, 0.4) is 0 Å². The molecule has 3 aromatic rings. The molecule has 0 radical (unpaired) electrons. The zero-order valence-corrected chi connectivity index (χ0v) is 11.0. The largest absolute Gasteiger partial charge is 0.506 e. The zero-order valence-electron chi connectivity index (χ0n) is 11.0. The highest BCUT2D eigenvalue weighted by Gasteiger charge is 2.12. The lowest BCUT2D eigenvalue weighted by molar-refractivity contribution is -0.384. The van der Waals surface area contributed by atoms with Crippen molar-refractivity contribution in [2.24, 2.45) is 0 Å². The standard InChI is InChI=1S/C14H11N3O4/c1-8-2-5-12(18)11(6-8)16-14-15-10-4-3-9(17(19)20)7-13(10)21-14/h2-7,18H,1H3,(H,15,16). The summed E-state index contributed by atoms with van der Waals surface area (Å²) in [4.78, 5) is 14.4. The molecular formula is C14H11N3O4. The molecule has 0 saturated carbocycles. The number of non-ortho nitro benzene ring substituents is 1. The summed E-state index contributed by atoms with van der Waals surface area (Å²) >= 11 is 0. The molecule has 2 aromatic carbocycles. The van der Waals surface area contributed by atoms with E-state index in [-0.39, 0.29) is 17.5 Å². The summed E-state index contributed by atoms with van der Waals surface area (Å²) in [5.41, 5.74) is 2.15. The molecule has 1 heterocycles. The summed E-state index contributed by atoms with van der Waals surface area (Å²) in [7, 11) is 0. The number of aromatic hydroxyl groups is 1. The fourth-order valence-electron chi connectivity index (χ4n) is 1.95. The number of aromatic nitrogens is 1. The maximum absolute atomic E-state index is 10.7. The van der Waals surface area contributed by atoms with Crippen LogP contribution in [-0.2, 0) is 0 Å². The van der Waals surface area contributed by atoms with Crippen molar-refractivity contribution in [1.29, 1.82) is 0 Å². The predicted molar refractivity (Wildman–Crippen MR) is 76.8 cm³/mol. The van der Waals surface area contributed by atoms with Gasteiger partial charge in [0.2, 0.25) is 0 Å². The number of hydrogen-bond donors (Lipinski definition) is 2. The second-order valence-electron chi connectivity index (χ2n) is 4.57. The summed E-state index contributed by atoms with van der Waals surface area (Å²) in [5.74, 6) is 0.0637. The molecule has 0 atom stereocenters. The van der Waals surface area contributed by atoms with Crippen LogP contribution in [0.4, 0.5) is 17.4 Å². The number of phenols is 1. The normalized spacial score (nSPS) is 10.7. The first kappa shape index (κ1) is 12.9. The van der Waals surface area contributed by atoms with Crippen LogP contribution < -0.4 is 5.32 Å². The van der Waals surface area contributed by atoms with Crippen molar-refractivity contribution in [1.82, 2.24) is 4.98 Å². The number of nitro benzene ring substituents is 1. The van der Waals surface area contributed by atoms with Gasteiger partial charge in [-0.25, -0.2) is 0 Å². The third kappa shape index (κ3) is 2.48. The molecule has 106 valence electrons. The Bertz CT molecular complexity index is 841. The average molecular weight is 285 g/mol. The molecule has 0 aliphatic rings. The van der Waals surface area contributed by atoms with Crippen LogP contribution in [-0.4, -0.2) is 15.0 Å². The first-order valence-corrected chi connectivity index (χ1v) is 6.14. The molecule has 0 fully saturated rings. The third-order valence-electron chi connectivity index (χ3n) is 2.98. The van der Waals surface area contributed by atoms with Gasteiger partial charge < -0.3 is 14.8 Å². The highest BCUT2D eigenvalue weighted by molar-refractivity contribution is 5.78. The number of nitrogens with zero attached hydrogens (tertiary/aromatic N) is 2. The molecule has 2 N–H and O–H groups in total. The number of benzene rings is 2. The summed E-state index contributed by atoms with van der Waals surface area (Å²) in [5, 5.41) is 23.3. The Labute approximate surface area is 119 Å². The minimum absolute atomic E-state index is 0.0637. The van der Waals surface area contributed by atoms with Gasteiger partial charge in [-0.2, -0.15) is 4.98 Å².